The molecule has 0 aliphatic carbocycles. The van der Waals surface area contributed by atoms with Crippen molar-refractivity contribution in [3.8, 4) is 0 Å². The Morgan fingerprint density at radius 3 is 2.87 bits per heavy atom. The highest BCUT2D eigenvalue weighted by Crippen LogP contribution is 2.21. The Kier molecular flexibility index (Phi) is 5.43. The molecule has 1 heterocycles. The van der Waals surface area contributed by atoms with Crippen molar-refractivity contribution in [2.75, 3.05) is 5.88 Å². The summed E-state index contributed by atoms with van der Waals surface area (Å²) in [7, 11) is 0. The smallest absolute Gasteiger partial charge is 0.263 e. The van der Waals surface area contributed by atoms with E-state index in [-0.39, 0.29) is 11.9 Å². The molecule has 1 amide bonds. The lowest BCUT2D eigenvalue weighted by Gasteiger charge is -2.14. The van der Waals surface area contributed by atoms with Gasteiger partial charge in [-0.3, -0.25) is 4.79 Å². The maximum absolute atomic E-state index is 11.7. The number of rotatable bonds is 5. The molecule has 1 aromatic heterocycles. The van der Waals surface area contributed by atoms with Crippen molar-refractivity contribution in [1.29, 1.82) is 0 Å². The number of thiophene rings is 1. The molecule has 0 radical (unpaired) electrons. The van der Waals surface area contributed by atoms with E-state index in [9.17, 15) is 4.79 Å². The minimum atomic E-state index is -0.105. The minimum absolute atomic E-state index is 0.105. The fourth-order valence-corrected chi connectivity index (χ4v) is 2.52. The van der Waals surface area contributed by atoms with Gasteiger partial charge in [0.25, 0.3) is 5.91 Å². The summed E-state index contributed by atoms with van der Waals surface area (Å²) in [5.74, 6) is 0.448. The highest BCUT2D eigenvalue weighted by atomic mass is 35.5. The molecule has 0 aliphatic heterocycles. The Morgan fingerprint density at radius 2 is 2.40 bits per heavy atom. The molecule has 15 heavy (non-hydrogen) atoms. The van der Waals surface area contributed by atoms with E-state index >= 15 is 0 Å². The van der Waals surface area contributed by atoms with Crippen LogP contribution < -0.4 is 5.32 Å². The molecular weight excluding hydrogens is 253 g/mol. The van der Waals surface area contributed by atoms with Crippen molar-refractivity contribution in [1.82, 2.24) is 5.32 Å². The van der Waals surface area contributed by atoms with E-state index in [0.717, 1.165) is 12.8 Å². The number of hydrogen-bond acceptors (Lipinski definition) is 2. The second-order valence-electron chi connectivity index (χ2n) is 3.15. The van der Waals surface area contributed by atoms with Crippen LogP contribution in [-0.4, -0.2) is 17.8 Å². The Morgan fingerprint density at radius 1 is 1.67 bits per heavy atom. The van der Waals surface area contributed by atoms with E-state index in [1.165, 1.54) is 11.3 Å². The molecular formula is C10H13Cl2NOS. The molecule has 0 saturated heterocycles. The lowest BCUT2D eigenvalue weighted by molar-refractivity contribution is 0.0939. The lowest BCUT2D eigenvalue weighted by Crippen LogP contribution is -2.34. The first kappa shape index (κ1) is 12.8. The molecule has 0 spiro atoms. The highest BCUT2D eigenvalue weighted by molar-refractivity contribution is 7.12. The Hall–Kier alpha value is -0.250. The number of amides is 1. The first-order valence-electron chi connectivity index (χ1n) is 4.78. The van der Waals surface area contributed by atoms with Crippen molar-refractivity contribution < 1.29 is 4.79 Å². The molecule has 5 heteroatoms. The van der Waals surface area contributed by atoms with Gasteiger partial charge in [0, 0.05) is 11.9 Å². The summed E-state index contributed by atoms with van der Waals surface area (Å²) in [5.41, 5.74) is 0. The third-order valence-corrected chi connectivity index (χ3v) is 3.67. The number of carbonyl (C=O) groups excluding carboxylic acids is 1. The van der Waals surface area contributed by atoms with Crippen LogP contribution in [0.4, 0.5) is 0 Å². The molecule has 0 aliphatic rings. The molecule has 0 saturated carbocycles. The Labute approximate surface area is 104 Å². The standard InChI is InChI=1S/C10H13Cl2NOS/c1-2-7(3-5-11)13-10(14)9-8(12)4-6-15-9/h4,6-7H,2-3,5H2,1H3,(H,13,14). The fourth-order valence-electron chi connectivity index (χ4n) is 1.22. The van der Waals surface area contributed by atoms with Crippen molar-refractivity contribution in [2.45, 2.75) is 25.8 Å². The fraction of sp³-hybridized carbons (Fsp3) is 0.500. The van der Waals surface area contributed by atoms with E-state index in [4.69, 9.17) is 23.2 Å². The quantitative estimate of drug-likeness (QED) is 0.811. The second-order valence-corrected chi connectivity index (χ2v) is 4.86. The molecule has 0 fully saturated rings. The van der Waals surface area contributed by atoms with E-state index in [0.29, 0.717) is 15.8 Å². The van der Waals surface area contributed by atoms with Gasteiger partial charge in [0.15, 0.2) is 0 Å². The van der Waals surface area contributed by atoms with Crippen molar-refractivity contribution in [3.05, 3.63) is 21.3 Å². The molecule has 1 rings (SSSR count). The van der Waals surface area contributed by atoms with Crippen LogP contribution in [0.2, 0.25) is 5.02 Å². The van der Waals surface area contributed by atoms with Gasteiger partial charge in [0.05, 0.1) is 5.02 Å². The van der Waals surface area contributed by atoms with Gasteiger partial charge in [-0.25, -0.2) is 0 Å². The van der Waals surface area contributed by atoms with Crippen LogP contribution in [0.5, 0.6) is 0 Å². The summed E-state index contributed by atoms with van der Waals surface area (Å²) in [6, 6.07) is 1.86. The number of nitrogens with one attached hydrogen (secondary N) is 1. The van der Waals surface area contributed by atoms with Gasteiger partial charge < -0.3 is 5.32 Å². The molecule has 0 bridgehead atoms. The van der Waals surface area contributed by atoms with Gasteiger partial charge in [-0.05, 0) is 24.3 Å². The predicted octanol–water partition coefficient (Wildman–Crippen LogP) is 3.54. The number of carbonyl (C=O) groups is 1. The zero-order valence-electron chi connectivity index (χ0n) is 8.43. The van der Waals surface area contributed by atoms with Crippen molar-refractivity contribution in [3.63, 3.8) is 0 Å². The molecule has 84 valence electrons. The molecule has 0 aromatic carbocycles. The van der Waals surface area contributed by atoms with E-state index in [1.807, 2.05) is 6.92 Å². The molecule has 1 unspecified atom stereocenters. The second kappa shape index (κ2) is 6.36. The summed E-state index contributed by atoms with van der Waals surface area (Å²) in [5, 5.41) is 5.23. The molecule has 1 aromatic rings. The zero-order valence-corrected chi connectivity index (χ0v) is 10.8. The first-order valence-corrected chi connectivity index (χ1v) is 6.58. The maximum Gasteiger partial charge on any atom is 0.263 e. The van der Waals surface area contributed by atoms with Gasteiger partial charge in [-0.2, -0.15) is 0 Å². The lowest BCUT2D eigenvalue weighted by atomic mass is 10.2. The van der Waals surface area contributed by atoms with Gasteiger partial charge >= 0.3 is 0 Å². The van der Waals surface area contributed by atoms with E-state index in [2.05, 4.69) is 5.32 Å². The predicted molar refractivity (Wildman–Crippen MR) is 66.2 cm³/mol. The topological polar surface area (TPSA) is 29.1 Å². The van der Waals surface area contributed by atoms with Crippen LogP contribution >= 0.6 is 34.5 Å². The van der Waals surface area contributed by atoms with Crippen LogP contribution in [0.1, 0.15) is 29.4 Å². The normalized spacial score (nSPS) is 12.5. The van der Waals surface area contributed by atoms with Gasteiger partial charge in [-0.15, -0.1) is 22.9 Å². The molecule has 1 atom stereocenters. The van der Waals surface area contributed by atoms with Gasteiger partial charge in [0.1, 0.15) is 4.88 Å². The minimum Gasteiger partial charge on any atom is -0.349 e. The van der Waals surface area contributed by atoms with Crippen LogP contribution in [0.3, 0.4) is 0 Å². The summed E-state index contributed by atoms with van der Waals surface area (Å²) >= 11 is 12.9. The summed E-state index contributed by atoms with van der Waals surface area (Å²) in [4.78, 5) is 12.3. The Balaban J connectivity index is 2.58. The van der Waals surface area contributed by atoms with Crippen LogP contribution in [0, 0.1) is 0 Å². The summed E-state index contributed by atoms with van der Waals surface area (Å²) in [6.45, 7) is 2.02. The molecule has 2 nitrogen and oxygen atoms in total. The van der Waals surface area contributed by atoms with Gasteiger partial charge in [0.2, 0.25) is 0 Å². The largest absolute Gasteiger partial charge is 0.349 e. The highest BCUT2D eigenvalue weighted by Gasteiger charge is 2.15. The average Bonchev–Trinajstić information content (AvgIpc) is 2.63. The average molecular weight is 266 g/mol. The summed E-state index contributed by atoms with van der Waals surface area (Å²) in [6.07, 6.45) is 1.66. The zero-order chi connectivity index (χ0) is 11.3. The van der Waals surface area contributed by atoms with E-state index < -0.39 is 0 Å². The summed E-state index contributed by atoms with van der Waals surface area (Å²) < 4.78 is 0. The van der Waals surface area contributed by atoms with Crippen molar-refractivity contribution >= 4 is 40.4 Å². The maximum atomic E-state index is 11.7. The third-order valence-electron chi connectivity index (χ3n) is 2.11. The first-order chi connectivity index (χ1) is 7.19. The SMILES string of the molecule is CCC(CCCl)NC(=O)c1sccc1Cl. The number of alkyl halides is 1. The van der Waals surface area contributed by atoms with Crippen LogP contribution in [0.15, 0.2) is 11.4 Å². The third kappa shape index (κ3) is 3.67. The monoisotopic (exact) mass is 265 g/mol. The Bertz CT molecular complexity index is 327. The van der Waals surface area contributed by atoms with E-state index in [1.54, 1.807) is 11.4 Å². The van der Waals surface area contributed by atoms with Gasteiger partial charge in [-0.1, -0.05) is 18.5 Å². The molecule has 1 N–H and O–H groups in total. The van der Waals surface area contributed by atoms with Crippen LogP contribution in [-0.2, 0) is 0 Å². The number of halogens is 2. The van der Waals surface area contributed by atoms with Crippen molar-refractivity contribution in [2.24, 2.45) is 0 Å². The van der Waals surface area contributed by atoms with Crippen LogP contribution in [0.25, 0.3) is 0 Å². The number of hydrogen-bond donors (Lipinski definition) is 1.